The van der Waals surface area contributed by atoms with E-state index >= 15 is 0 Å². The second-order valence-electron chi connectivity index (χ2n) is 12.6. The minimum absolute atomic E-state index is 0.0582. The Morgan fingerprint density at radius 1 is 0.588 bits per heavy atom. The summed E-state index contributed by atoms with van der Waals surface area (Å²) in [5.41, 5.74) is 2.31. The molecular weight excluding hydrogens is 701 g/mol. The number of carboxylic acids is 1. The lowest BCUT2D eigenvalue weighted by molar-refractivity contribution is -0.270. The number of aryl methyl sites for hydroxylation is 1. The molecule has 0 heterocycles. The van der Waals surface area contributed by atoms with Crippen LogP contribution in [0.25, 0.3) is 11.1 Å². The van der Waals surface area contributed by atoms with Crippen molar-refractivity contribution >= 4 is 26.2 Å². The molecule has 4 N–H and O–H groups in total. The Kier molecular flexibility index (Phi) is 9.06. The molecule has 6 rings (SSSR count). The van der Waals surface area contributed by atoms with Gasteiger partial charge in [0.2, 0.25) is 0 Å². The van der Waals surface area contributed by atoms with Gasteiger partial charge in [0.25, 0.3) is 0 Å². The van der Waals surface area contributed by atoms with Gasteiger partial charge in [-0.3, -0.25) is 4.79 Å². The van der Waals surface area contributed by atoms with Gasteiger partial charge in [0.05, 0.1) is 16.2 Å². The zero-order chi connectivity index (χ0) is 37.0. The summed E-state index contributed by atoms with van der Waals surface area (Å²) >= 11 is 0. The van der Waals surface area contributed by atoms with Gasteiger partial charge >= 0.3 is 5.97 Å². The Balaban J connectivity index is 1.65. The van der Waals surface area contributed by atoms with Crippen molar-refractivity contribution < 1.29 is 56.3 Å². The maximum Gasteiger partial charge on any atom is 0.307 e. The third-order valence-electron chi connectivity index (χ3n) is 8.88. The summed E-state index contributed by atoms with van der Waals surface area (Å²) in [5.74, 6) is -2.77. The molecule has 51 heavy (non-hydrogen) atoms. The van der Waals surface area contributed by atoms with Crippen LogP contribution in [0.2, 0.25) is 0 Å². The molecule has 1 aliphatic rings. The first kappa shape index (κ1) is 35.4. The molecule has 0 aliphatic heterocycles. The predicted molar refractivity (Wildman–Crippen MR) is 179 cm³/mol. The fraction of sp³-hybridized carbons (Fsp3) is 0.162. The first-order valence-electron chi connectivity index (χ1n) is 15.4. The van der Waals surface area contributed by atoms with Gasteiger partial charge in [-0.05, 0) is 93.4 Å². The quantitative estimate of drug-likeness (QED) is 0.185. The van der Waals surface area contributed by atoms with Gasteiger partial charge in [0.15, 0.2) is 0 Å². The van der Waals surface area contributed by atoms with Crippen molar-refractivity contribution in [3.63, 3.8) is 0 Å². The predicted octanol–water partition coefficient (Wildman–Crippen LogP) is 3.96. The molecule has 5 aromatic carbocycles. The standard InChI is InChI=1S/C37H32O12S2/c1-19-6-23-11-27-15-31(50(44,45)46)17-29(36(27)42)13-25-9-22(21-4-2-20(3-5-21)8-33(38)39)10-26(35(25)41)14-30-18-32(51(47,48)49)16-28(37(30)43)12-24(7-19)34(23)40/h2-7,9-10,15-18,40-43H,8,11-14H2,1H3,(H,38,39)(H,44,45,46)(H,47,48,49)/p-3. The highest BCUT2D eigenvalue weighted by Gasteiger charge is 2.22. The molecular formula is C37H29O12S2-3. The topological polar surface area (TPSA) is 235 Å². The molecule has 14 heteroatoms. The van der Waals surface area contributed by atoms with Gasteiger partial charge in [-0.1, -0.05) is 53.1 Å². The number of rotatable bonds is 5. The Morgan fingerprint density at radius 2 is 0.941 bits per heavy atom. The van der Waals surface area contributed by atoms with Crippen LogP contribution in [0, 0.1) is 6.92 Å². The number of phenols is 3. The number of carboxylic acid groups (broad SMARTS) is 1. The lowest BCUT2D eigenvalue weighted by atomic mass is 9.89. The minimum atomic E-state index is -5.06. The van der Waals surface area contributed by atoms with E-state index in [1.54, 1.807) is 31.2 Å². The molecule has 264 valence electrons. The van der Waals surface area contributed by atoms with Gasteiger partial charge in [0, 0.05) is 25.7 Å². The second kappa shape index (κ2) is 13.0. The van der Waals surface area contributed by atoms with Crippen molar-refractivity contribution in [1.82, 2.24) is 0 Å². The van der Waals surface area contributed by atoms with E-state index in [4.69, 9.17) is 0 Å². The summed E-state index contributed by atoms with van der Waals surface area (Å²) in [6, 6.07) is 16.5. The van der Waals surface area contributed by atoms with E-state index in [0.717, 1.165) is 24.3 Å². The molecule has 12 nitrogen and oxygen atoms in total. The highest BCUT2D eigenvalue weighted by molar-refractivity contribution is 7.86. The number of hydrogen-bond acceptors (Lipinski definition) is 11. The van der Waals surface area contributed by atoms with Gasteiger partial charge in [0.1, 0.15) is 37.5 Å². The Labute approximate surface area is 293 Å². The largest absolute Gasteiger partial charge is 0.872 e. The van der Waals surface area contributed by atoms with Gasteiger partial charge < -0.3 is 34.6 Å². The van der Waals surface area contributed by atoms with Crippen LogP contribution in [0.1, 0.15) is 55.6 Å². The van der Waals surface area contributed by atoms with E-state index in [9.17, 15) is 56.3 Å². The van der Waals surface area contributed by atoms with E-state index in [-0.39, 0.29) is 82.4 Å². The van der Waals surface area contributed by atoms with Crippen LogP contribution in [0.4, 0.5) is 0 Å². The molecule has 8 bridgehead atoms. The second-order valence-corrected chi connectivity index (χ2v) is 15.4. The summed E-state index contributed by atoms with van der Waals surface area (Å²) < 4.78 is 73.6. The van der Waals surface area contributed by atoms with E-state index in [0.29, 0.717) is 22.3 Å². The summed E-state index contributed by atoms with van der Waals surface area (Å²) in [6.45, 7) is 1.67. The normalized spacial score (nSPS) is 13.2. The fourth-order valence-electron chi connectivity index (χ4n) is 6.48. The van der Waals surface area contributed by atoms with Gasteiger partial charge in [-0.2, -0.15) is 0 Å². The monoisotopic (exact) mass is 729 g/mol. The van der Waals surface area contributed by atoms with E-state index in [1.807, 2.05) is 0 Å². The zero-order valence-electron chi connectivity index (χ0n) is 26.8. The first-order chi connectivity index (χ1) is 23.9. The number of carbonyl (C=O) groups is 1. The van der Waals surface area contributed by atoms with Crippen molar-refractivity contribution in [3.05, 3.63) is 128 Å². The van der Waals surface area contributed by atoms with Crippen LogP contribution < -0.4 is 5.11 Å². The maximum absolute atomic E-state index is 13.7. The van der Waals surface area contributed by atoms with Crippen LogP contribution >= 0.6 is 0 Å². The number of aliphatic carboxylic acids is 1. The molecule has 0 saturated heterocycles. The van der Waals surface area contributed by atoms with Crippen LogP contribution in [-0.4, -0.2) is 52.3 Å². The van der Waals surface area contributed by atoms with Crippen molar-refractivity contribution in [3.8, 4) is 34.1 Å². The molecule has 0 amide bonds. The average molecular weight is 730 g/mol. The lowest BCUT2D eigenvalue weighted by Crippen LogP contribution is -2.08. The summed E-state index contributed by atoms with van der Waals surface area (Å²) in [5, 5.41) is 57.4. The number of hydrogen-bond donors (Lipinski definition) is 4. The van der Waals surface area contributed by atoms with Crippen molar-refractivity contribution in [1.29, 1.82) is 0 Å². The first-order valence-corrected chi connectivity index (χ1v) is 18.3. The molecule has 0 fully saturated rings. The highest BCUT2D eigenvalue weighted by atomic mass is 32.2. The molecule has 0 radical (unpaired) electrons. The molecule has 1 aliphatic carbocycles. The fourth-order valence-corrected chi connectivity index (χ4v) is 7.63. The summed E-state index contributed by atoms with van der Waals surface area (Å²) in [6.07, 6.45) is -1.53. The average Bonchev–Trinajstić information content (AvgIpc) is 3.03. The van der Waals surface area contributed by atoms with Crippen molar-refractivity contribution in [2.24, 2.45) is 0 Å². The molecule has 5 aromatic rings. The Hall–Kier alpha value is -5.41. The molecule has 0 atom stereocenters. The van der Waals surface area contributed by atoms with Crippen LogP contribution in [-0.2, 0) is 57.1 Å². The van der Waals surface area contributed by atoms with E-state index in [2.05, 4.69) is 0 Å². The number of phenolic OH excluding ortho intramolecular Hbond substituents is 3. The molecule has 0 spiro atoms. The minimum Gasteiger partial charge on any atom is -0.872 e. The van der Waals surface area contributed by atoms with Crippen LogP contribution in [0.15, 0.2) is 82.6 Å². The molecule has 0 aromatic heterocycles. The summed E-state index contributed by atoms with van der Waals surface area (Å²) in [4.78, 5) is 9.89. The van der Waals surface area contributed by atoms with E-state index < -0.39 is 53.2 Å². The highest BCUT2D eigenvalue weighted by Crippen LogP contribution is 2.40. The smallest absolute Gasteiger partial charge is 0.307 e. The lowest BCUT2D eigenvalue weighted by Gasteiger charge is -2.24. The number of aromatic hydroxyl groups is 3. The zero-order valence-corrected chi connectivity index (χ0v) is 28.5. The SMILES string of the molecule is Cc1cc2c([O-])c(c1)Cc1cc(S(=O)(=O)[O-])cc(c1O)Cc1cc(-c3ccc(CC(=O)O)cc3)cc(c1O)Cc1cc(S(=O)(=O)[O-])cc(c1O)C2. The molecule has 0 saturated carbocycles. The van der Waals surface area contributed by atoms with Crippen molar-refractivity contribution in [2.45, 2.75) is 48.8 Å². The molecule has 0 unspecified atom stereocenters. The van der Waals surface area contributed by atoms with Gasteiger partial charge in [-0.15, -0.1) is 5.75 Å². The number of fused-ring (bicyclic) bond motifs is 8. The van der Waals surface area contributed by atoms with Crippen molar-refractivity contribution in [2.75, 3.05) is 0 Å². The van der Waals surface area contributed by atoms with Crippen LogP contribution in [0.3, 0.4) is 0 Å². The number of benzene rings is 5. The van der Waals surface area contributed by atoms with Gasteiger partial charge in [-0.25, -0.2) is 16.8 Å². The van der Waals surface area contributed by atoms with Crippen LogP contribution in [0.5, 0.6) is 23.0 Å². The third-order valence-corrected chi connectivity index (χ3v) is 10.5. The third kappa shape index (κ3) is 7.39. The Morgan fingerprint density at radius 3 is 1.29 bits per heavy atom. The maximum atomic E-state index is 13.7. The Bertz CT molecular complexity index is 2330. The summed E-state index contributed by atoms with van der Waals surface area (Å²) in [7, 11) is -10.1. The van der Waals surface area contributed by atoms with E-state index in [1.165, 1.54) is 24.3 Å².